The first-order valence-electron chi connectivity index (χ1n) is 8.23. The molecule has 2 fully saturated rings. The molecule has 0 aromatic heterocycles. The Morgan fingerprint density at radius 3 is 2.67 bits per heavy atom. The number of hydrogen-bond donors (Lipinski definition) is 2. The van der Waals surface area contributed by atoms with E-state index in [2.05, 4.69) is 19.2 Å². The van der Waals surface area contributed by atoms with Crippen molar-refractivity contribution in [3.05, 3.63) is 0 Å². The number of rotatable bonds is 3. The molecule has 4 unspecified atom stereocenters. The SMILES string of the molecule is CC1CCC(NC(=O)N2CCCC(CC(=O)O)C2)C(C)C1. The summed E-state index contributed by atoms with van der Waals surface area (Å²) in [5.41, 5.74) is 0. The Morgan fingerprint density at radius 2 is 2.00 bits per heavy atom. The normalized spacial score (nSPS) is 33.5. The van der Waals surface area contributed by atoms with Crippen LogP contribution in [0.25, 0.3) is 0 Å². The number of carboxylic acids is 1. The molecule has 5 heteroatoms. The molecule has 0 bridgehead atoms. The standard InChI is InChI=1S/C16H28N2O3/c1-11-5-6-14(12(2)8-11)17-16(21)18-7-3-4-13(10-18)9-15(19)20/h11-14H,3-10H2,1-2H3,(H,17,21)(H,19,20). The maximum atomic E-state index is 12.4. The summed E-state index contributed by atoms with van der Waals surface area (Å²) in [7, 11) is 0. The van der Waals surface area contributed by atoms with Gasteiger partial charge in [0.25, 0.3) is 0 Å². The van der Waals surface area contributed by atoms with E-state index in [0.717, 1.165) is 31.7 Å². The van der Waals surface area contributed by atoms with Crippen molar-refractivity contribution >= 4 is 12.0 Å². The van der Waals surface area contributed by atoms with Gasteiger partial charge < -0.3 is 15.3 Å². The lowest BCUT2D eigenvalue weighted by Crippen LogP contribution is -2.51. The van der Waals surface area contributed by atoms with Crippen LogP contribution in [0.5, 0.6) is 0 Å². The molecule has 0 spiro atoms. The molecule has 21 heavy (non-hydrogen) atoms. The van der Waals surface area contributed by atoms with Gasteiger partial charge in [0, 0.05) is 25.6 Å². The van der Waals surface area contributed by atoms with Gasteiger partial charge >= 0.3 is 12.0 Å². The second kappa shape index (κ2) is 7.14. The molecule has 2 amide bonds. The van der Waals surface area contributed by atoms with Crippen LogP contribution in [0.1, 0.15) is 52.4 Å². The lowest BCUT2D eigenvalue weighted by molar-refractivity contribution is -0.138. The summed E-state index contributed by atoms with van der Waals surface area (Å²) in [6.45, 7) is 5.81. The Bertz CT molecular complexity index is 386. The van der Waals surface area contributed by atoms with E-state index >= 15 is 0 Å². The molecule has 1 saturated heterocycles. The Balaban J connectivity index is 1.83. The minimum atomic E-state index is -0.767. The molecule has 1 aliphatic carbocycles. The third-order valence-electron chi connectivity index (χ3n) is 5.01. The van der Waals surface area contributed by atoms with Gasteiger partial charge in [-0.25, -0.2) is 4.79 Å². The number of amides is 2. The smallest absolute Gasteiger partial charge is 0.317 e. The average Bonchev–Trinajstić information content (AvgIpc) is 2.41. The number of carboxylic acid groups (broad SMARTS) is 1. The van der Waals surface area contributed by atoms with E-state index < -0.39 is 5.97 Å². The number of nitrogens with one attached hydrogen (secondary N) is 1. The number of nitrogens with zero attached hydrogens (tertiary/aromatic N) is 1. The second-order valence-electron chi connectivity index (χ2n) is 7.00. The van der Waals surface area contributed by atoms with E-state index in [1.807, 2.05) is 4.90 Å². The van der Waals surface area contributed by atoms with Gasteiger partial charge in [0.05, 0.1) is 0 Å². The van der Waals surface area contributed by atoms with Crippen molar-refractivity contribution in [2.24, 2.45) is 17.8 Å². The van der Waals surface area contributed by atoms with E-state index in [-0.39, 0.29) is 24.4 Å². The first kappa shape index (κ1) is 16.1. The fourth-order valence-corrected chi connectivity index (χ4v) is 3.79. The topological polar surface area (TPSA) is 69.6 Å². The number of aliphatic carboxylic acids is 1. The van der Waals surface area contributed by atoms with Crippen molar-refractivity contribution < 1.29 is 14.7 Å². The van der Waals surface area contributed by atoms with Crippen LogP contribution in [0, 0.1) is 17.8 Å². The zero-order valence-corrected chi connectivity index (χ0v) is 13.2. The van der Waals surface area contributed by atoms with Gasteiger partial charge in [0.1, 0.15) is 0 Å². The maximum Gasteiger partial charge on any atom is 0.317 e. The predicted molar refractivity (Wildman–Crippen MR) is 81.0 cm³/mol. The Labute approximate surface area is 127 Å². The number of urea groups is 1. The molecule has 1 aliphatic heterocycles. The lowest BCUT2D eigenvalue weighted by Gasteiger charge is -2.37. The molecule has 2 N–H and O–H groups in total. The van der Waals surface area contributed by atoms with Gasteiger partial charge in [-0.3, -0.25) is 4.79 Å². The van der Waals surface area contributed by atoms with Crippen LogP contribution in [0.4, 0.5) is 4.79 Å². The highest BCUT2D eigenvalue weighted by Gasteiger charge is 2.30. The summed E-state index contributed by atoms with van der Waals surface area (Å²) in [4.78, 5) is 25.0. The Kier molecular flexibility index (Phi) is 5.48. The van der Waals surface area contributed by atoms with E-state index in [4.69, 9.17) is 5.11 Å². The van der Waals surface area contributed by atoms with Crippen LogP contribution >= 0.6 is 0 Å². The van der Waals surface area contributed by atoms with Crippen LogP contribution in [0.3, 0.4) is 0 Å². The highest BCUT2D eigenvalue weighted by Crippen LogP contribution is 2.29. The summed E-state index contributed by atoms with van der Waals surface area (Å²) in [5.74, 6) is 0.614. The second-order valence-corrected chi connectivity index (χ2v) is 7.00. The van der Waals surface area contributed by atoms with Gasteiger partial charge in [-0.15, -0.1) is 0 Å². The largest absolute Gasteiger partial charge is 0.481 e. The fourth-order valence-electron chi connectivity index (χ4n) is 3.79. The quantitative estimate of drug-likeness (QED) is 0.841. The first-order valence-corrected chi connectivity index (χ1v) is 8.23. The molecule has 2 aliphatic rings. The number of hydrogen-bond acceptors (Lipinski definition) is 2. The number of likely N-dealkylation sites (tertiary alicyclic amines) is 1. The van der Waals surface area contributed by atoms with Crippen LogP contribution in [-0.4, -0.2) is 41.1 Å². The monoisotopic (exact) mass is 296 g/mol. The van der Waals surface area contributed by atoms with Crippen molar-refractivity contribution in [1.29, 1.82) is 0 Å². The molecule has 5 nitrogen and oxygen atoms in total. The minimum Gasteiger partial charge on any atom is -0.481 e. The molecule has 0 aromatic rings. The Hall–Kier alpha value is -1.26. The fraction of sp³-hybridized carbons (Fsp3) is 0.875. The number of piperidine rings is 1. The molecule has 4 atom stereocenters. The van der Waals surface area contributed by atoms with E-state index in [1.54, 1.807) is 0 Å². The molecule has 1 saturated carbocycles. The summed E-state index contributed by atoms with van der Waals surface area (Å²) < 4.78 is 0. The molecular weight excluding hydrogens is 268 g/mol. The third-order valence-corrected chi connectivity index (χ3v) is 5.01. The highest BCUT2D eigenvalue weighted by atomic mass is 16.4. The number of carbonyl (C=O) groups is 2. The van der Waals surface area contributed by atoms with Gasteiger partial charge in [-0.2, -0.15) is 0 Å². The molecule has 120 valence electrons. The Morgan fingerprint density at radius 1 is 1.24 bits per heavy atom. The molecule has 0 radical (unpaired) electrons. The van der Waals surface area contributed by atoms with E-state index in [0.29, 0.717) is 12.5 Å². The van der Waals surface area contributed by atoms with Crippen molar-refractivity contribution in [3.63, 3.8) is 0 Å². The van der Waals surface area contributed by atoms with Crippen molar-refractivity contribution in [1.82, 2.24) is 10.2 Å². The zero-order valence-electron chi connectivity index (χ0n) is 13.2. The molecule has 2 rings (SSSR count). The maximum absolute atomic E-state index is 12.4. The zero-order chi connectivity index (χ0) is 15.4. The van der Waals surface area contributed by atoms with Crippen molar-refractivity contribution in [3.8, 4) is 0 Å². The number of carbonyl (C=O) groups excluding carboxylic acids is 1. The van der Waals surface area contributed by atoms with Gasteiger partial charge in [0.2, 0.25) is 0 Å². The summed E-state index contributed by atoms with van der Waals surface area (Å²) >= 11 is 0. The van der Waals surface area contributed by atoms with Gasteiger partial charge in [-0.05, 0) is 49.9 Å². The molecular formula is C16H28N2O3. The minimum absolute atomic E-state index is 0.00325. The van der Waals surface area contributed by atoms with Gasteiger partial charge in [0.15, 0.2) is 0 Å². The summed E-state index contributed by atoms with van der Waals surface area (Å²) in [6, 6.07) is 0.269. The van der Waals surface area contributed by atoms with Gasteiger partial charge in [-0.1, -0.05) is 13.8 Å². The lowest BCUT2D eigenvalue weighted by atomic mass is 9.80. The highest BCUT2D eigenvalue weighted by molar-refractivity contribution is 5.75. The van der Waals surface area contributed by atoms with E-state index in [1.165, 1.54) is 12.8 Å². The van der Waals surface area contributed by atoms with E-state index in [9.17, 15) is 9.59 Å². The molecule has 0 aromatic carbocycles. The molecule has 1 heterocycles. The van der Waals surface area contributed by atoms with Crippen LogP contribution < -0.4 is 5.32 Å². The van der Waals surface area contributed by atoms with Crippen molar-refractivity contribution in [2.75, 3.05) is 13.1 Å². The van der Waals surface area contributed by atoms with Crippen LogP contribution in [-0.2, 0) is 4.79 Å². The summed E-state index contributed by atoms with van der Waals surface area (Å²) in [6.07, 6.45) is 5.39. The first-order chi connectivity index (χ1) is 9.95. The van der Waals surface area contributed by atoms with Crippen LogP contribution in [0.2, 0.25) is 0 Å². The van der Waals surface area contributed by atoms with Crippen LogP contribution in [0.15, 0.2) is 0 Å². The summed E-state index contributed by atoms with van der Waals surface area (Å²) in [5, 5.41) is 12.1. The van der Waals surface area contributed by atoms with Crippen molar-refractivity contribution in [2.45, 2.75) is 58.4 Å². The predicted octanol–water partition coefficient (Wildman–Crippen LogP) is 2.71. The third kappa shape index (κ3) is 4.61. The average molecular weight is 296 g/mol.